The lowest BCUT2D eigenvalue weighted by atomic mass is 9.90. The van der Waals surface area contributed by atoms with Gasteiger partial charge in [-0.25, -0.2) is 0 Å². The molecule has 0 unspecified atom stereocenters. The summed E-state index contributed by atoms with van der Waals surface area (Å²) in [6.07, 6.45) is 0. The van der Waals surface area contributed by atoms with Crippen LogP contribution in [-0.4, -0.2) is 32.0 Å². The molecule has 0 aliphatic rings. The number of nitrogens with one attached hydrogen (secondary N) is 1. The number of hydrogen-bond acceptors (Lipinski definition) is 5. The van der Waals surface area contributed by atoms with Crippen LogP contribution in [0.15, 0.2) is 64.2 Å². The minimum Gasteiger partial charge on any atom is -0.337 e. The van der Waals surface area contributed by atoms with Crippen molar-refractivity contribution in [3.8, 4) is 17.5 Å². The van der Waals surface area contributed by atoms with Crippen LogP contribution in [0.1, 0.15) is 26.3 Å². The number of benzene rings is 2. The summed E-state index contributed by atoms with van der Waals surface area (Å²) in [5.74, 6) is 0.658. The molecule has 0 saturated carbocycles. The van der Waals surface area contributed by atoms with Gasteiger partial charge in [0.2, 0.25) is 5.91 Å². The third-order valence-corrected chi connectivity index (χ3v) is 6.79. The van der Waals surface area contributed by atoms with Crippen LogP contribution in [0.4, 0.5) is 0 Å². The number of hydrogen-bond donors (Lipinski definition) is 1. The van der Waals surface area contributed by atoms with Crippen molar-refractivity contribution in [3.05, 3.63) is 64.6 Å². The van der Waals surface area contributed by atoms with Crippen molar-refractivity contribution in [1.29, 1.82) is 5.26 Å². The molecule has 3 aromatic rings. The maximum absolute atomic E-state index is 12.5. The number of nitriles is 1. The molecule has 160 valence electrons. The fraction of sp³-hybridized carbons (Fsp3) is 0.304. The standard InChI is InChI=1S/C23H24BrN5OS/c1-16(2)23(3,15-25)26-20(30)14-31-22-28-27-21(18-11-7-8-12-19(18)24)29(22)13-17-9-5-4-6-10-17/h4-12,16H,13-14H2,1-3H3,(H,26,30)/t23-/m1/s1. The van der Waals surface area contributed by atoms with Gasteiger partial charge in [-0.3, -0.25) is 9.36 Å². The molecule has 1 aromatic heterocycles. The highest BCUT2D eigenvalue weighted by atomic mass is 79.9. The Bertz CT molecular complexity index is 1090. The van der Waals surface area contributed by atoms with Crippen molar-refractivity contribution < 1.29 is 4.79 Å². The van der Waals surface area contributed by atoms with E-state index in [0.29, 0.717) is 11.7 Å². The fourth-order valence-electron chi connectivity index (χ4n) is 2.90. The van der Waals surface area contributed by atoms with E-state index in [0.717, 1.165) is 21.4 Å². The minimum atomic E-state index is -0.907. The second kappa shape index (κ2) is 10.1. The third-order valence-electron chi connectivity index (χ3n) is 5.13. The molecule has 0 aliphatic carbocycles. The normalized spacial score (nSPS) is 12.9. The monoisotopic (exact) mass is 497 g/mol. The zero-order valence-electron chi connectivity index (χ0n) is 17.7. The lowest BCUT2D eigenvalue weighted by Gasteiger charge is -2.27. The first-order chi connectivity index (χ1) is 14.8. The summed E-state index contributed by atoms with van der Waals surface area (Å²) < 4.78 is 2.94. The van der Waals surface area contributed by atoms with Gasteiger partial charge < -0.3 is 5.32 Å². The molecule has 0 saturated heterocycles. The number of nitrogens with zero attached hydrogens (tertiary/aromatic N) is 4. The number of carbonyl (C=O) groups excluding carboxylic acids is 1. The highest BCUT2D eigenvalue weighted by molar-refractivity contribution is 9.10. The van der Waals surface area contributed by atoms with E-state index in [1.807, 2.05) is 73.0 Å². The summed E-state index contributed by atoms with van der Waals surface area (Å²) >= 11 is 4.91. The molecule has 0 aliphatic heterocycles. The highest BCUT2D eigenvalue weighted by Crippen LogP contribution is 2.30. The molecule has 2 aromatic carbocycles. The lowest BCUT2D eigenvalue weighted by molar-refractivity contribution is -0.120. The summed E-state index contributed by atoms with van der Waals surface area (Å²) in [6, 6.07) is 20.1. The van der Waals surface area contributed by atoms with Gasteiger partial charge in [0.25, 0.3) is 0 Å². The molecule has 1 amide bonds. The molecule has 0 radical (unpaired) electrons. The molecule has 31 heavy (non-hydrogen) atoms. The Balaban J connectivity index is 1.86. The van der Waals surface area contributed by atoms with Crippen molar-refractivity contribution in [3.63, 3.8) is 0 Å². The fourth-order valence-corrected chi connectivity index (χ4v) is 4.10. The lowest BCUT2D eigenvalue weighted by Crippen LogP contribution is -2.49. The quantitative estimate of drug-likeness (QED) is 0.447. The first-order valence-electron chi connectivity index (χ1n) is 9.91. The minimum absolute atomic E-state index is 0.00443. The van der Waals surface area contributed by atoms with E-state index in [1.54, 1.807) is 6.92 Å². The zero-order chi connectivity index (χ0) is 22.4. The maximum atomic E-state index is 12.5. The van der Waals surface area contributed by atoms with Crippen molar-refractivity contribution in [2.45, 2.75) is 38.0 Å². The van der Waals surface area contributed by atoms with Gasteiger partial charge >= 0.3 is 0 Å². The molecule has 0 bridgehead atoms. The number of rotatable bonds is 8. The molecular weight excluding hydrogens is 474 g/mol. The van der Waals surface area contributed by atoms with Gasteiger partial charge in [0.1, 0.15) is 5.54 Å². The van der Waals surface area contributed by atoms with Crippen LogP contribution in [0.5, 0.6) is 0 Å². The van der Waals surface area contributed by atoms with Crippen LogP contribution in [-0.2, 0) is 11.3 Å². The van der Waals surface area contributed by atoms with Crippen LogP contribution in [0.3, 0.4) is 0 Å². The second-order valence-corrected chi connectivity index (χ2v) is 9.46. The Hall–Kier alpha value is -2.63. The van der Waals surface area contributed by atoms with E-state index < -0.39 is 5.54 Å². The predicted molar refractivity (Wildman–Crippen MR) is 126 cm³/mol. The second-order valence-electron chi connectivity index (χ2n) is 7.66. The molecule has 1 N–H and O–H groups in total. The molecule has 6 nitrogen and oxygen atoms in total. The van der Waals surface area contributed by atoms with Crippen molar-refractivity contribution >= 4 is 33.6 Å². The summed E-state index contributed by atoms with van der Waals surface area (Å²) in [4.78, 5) is 12.5. The Morgan fingerprint density at radius 2 is 1.87 bits per heavy atom. The van der Waals surface area contributed by atoms with Crippen molar-refractivity contribution in [1.82, 2.24) is 20.1 Å². The van der Waals surface area contributed by atoms with Crippen molar-refractivity contribution in [2.24, 2.45) is 5.92 Å². The van der Waals surface area contributed by atoms with Crippen LogP contribution in [0, 0.1) is 17.2 Å². The summed E-state index contributed by atoms with van der Waals surface area (Å²) in [5, 5.41) is 21.7. The van der Waals surface area contributed by atoms with Crippen LogP contribution >= 0.6 is 27.7 Å². The van der Waals surface area contributed by atoms with Gasteiger partial charge in [0, 0.05) is 10.0 Å². The topological polar surface area (TPSA) is 83.6 Å². The van der Waals surface area contributed by atoms with Crippen LogP contribution in [0.2, 0.25) is 0 Å². The molecule has 1 heterocycles. The maximum Gasteiger partial charge on any atom is 0.231 e. The van der Waals surface area contributed by atoms with Gasteiger partial charge in [-0.2, -0.15) is 5.26 Å². The number of aromatic nitrogens is 3. The Labute approximate surface area is 195 Å². The summed E-state index contributed by atoms with van der Waals surface area (Å²) in [7, 11) is 0. The molecule has 0 fully saturated rings. The van der Waals surface area contributed by atoms with Gasteiger partial charge in [-0.15, -0.1) is 10.2 Å². The molecule has 0 spiro atoms. The third kappa shape index (κ3) is 5.54. The average Bonchev–Trinajstić information content (AvgIpc) is 3.15. The van der Waals surface area contributed by atoms with Gasteiger partial charge in [-0.1, -0.05) is 90.1 Å². The highest BCUT2D eigenvalue weighted by Gasteiger charge is 2.30. The first kappa shape index (κ1) is 23.0. The molecule has 3 rings (SSSR count). The van der Waals surface area contributed by atoms with Crippen LogP contribution in [0.25, 0.3) is 11.4 Å². The van der Waals surface area contributed by atoms with Crippen molar-refractivity contribution in [2.75, 3.05) is 5.75 Å². The Morgan fingerprint density at radius 3 is 2.52 bits per heavy atom. The first-order valence-corrected chi connectivity index (χ1v) is 11.7. The van der Waals surface area contributed by atoms with Gasteiger partial charge in [-0.05, 0) is 24.5 Å². The predicted octanol–water partition coefficient (Wildman–Crippen LogP) is 4.90. The molecule has 8 heteroatoms. The van der Waals surface area contributed by atoms with E-state index >= 15 is 0 Å². The number of carbonyl (C=O) groups is 1. The Morgan fingerprint density at radius 1 is 1.19 bits per heavy atom. The zero-order valence-corrected chi connectivity index (χ0v) is 20.1. The van der Waals surface area contributed by atoms with E-state index in [2.05, 4.69) is 37.5 Å². The van der Waals surface area contributed by atoms with E-state index in [9.17, 15) is 10.1 Å². The van der Waals surface area contributed by atoms with Gasteiger partial charge in [0.15, 0.2) is 11.0 Å². The molecular formula is C23H24BrN5OS. The number of thioether (sulfide) groups is 1. The molecule has 1 atom stereocenters. The number of halogens is 1. The summed E-state index contributed by atoms with van der Waals surface area (Å²) in [5.41, 5.74) is 1.13. The van der Waals surface area contributed by atoms with Crippen LogP contribution < -0.4 is 5.32 Å². The number of amides is 1. The largest absolute Gasteiger partial charge is 0.337 e. The van der Waals surface area contributed by atoms with E-state index in [4.69, 9.17) is 0 Å². The Kier molecular flexibility index (Phi) is 7.52. The van der Waals surface area contributed by atoms with E-state index in [1.165, 1.54) is 11.8 Å². The SMILES string of the molecule is CC(C)[C@@](C)(C#N)NC(=O)CSc1nnc(-c2ccccc2Br)n1Cc1ccccc1. The smallest absolute Gasteiger partial charge is 0.231 e. The average molecular weight is 498 g/mol. The van der Waals surface area contributed by atoms with Gasteiger partial charge in [0.05, 0.1) is 18.4 Å². The summed E-state index contributed by atoms with van der Waals surface area (Å²) in [6.45, 7) is 6.15. The van der Waals surface area contributed by atoms with E-state index in [-0.39, 0.29) is 17.6 Å².